The predicted molar refractivity (Wildman–Crippen MR) is 80.3 cm³/mol. The SMILES string of the molecule is O=S(=O)(CCCCO)N1CCN(c2ccccc2)CC1. The summed E-state index contributed by atoms with van der Waals surface area (Å²) in [5.74, 6) is 0.138. The molecule has 1 aliphatic heterocycles. The van der Waals surface area contributed by atoms with Gasteiger partial charge in [0, 0.05) is 38.5 Å². The molecular formula is C14H22N2O3S. The number of sulfonamides is 1. The molecule has 1 aromatic carbocycles. The minimum Gasteiger partial charge on any atom is -0.396 e. The van der Waals surface area contributed by atoms with E-state index in [2.05, 4.69) is 4.90 Å². The standard InChI is InChI=1S/C14H22N2O3S/c17-12-4-5-13-20(18,19)16-10-8-15(9-11-16)14-6-2-1-3-7-14/h1-3,6-7,17H,4-5,8-13H2. The van der Waals surface area contributed by atoms with Crippen LogP contribution in [0.5, 0.6) is 0 Å². The Morgan fingerprint density at radius 2 is 1.65 bits per heavy atom. The second kappa shape index (κ2) is 7.06. The van der Waals surface area contributed by atoms with Gasteiger partial charge in [-0.05, 0) is 25.0 Å². The van der Waals surface area contributed by atoms with Crippen molar-refractivity contribution < 1.29 is 13.5 Å². The smallest absolute Gasteiger partial charge is 0.214 e. The molecule has 20 heavy (non-hydrogen) atoms. The average molecular weight is 298 g/mol. The molecule has 1 heterocycles. The molecule has 0 atom stereocenters. The highest BCUT2D eigenvalue weighted by atomic mass is 32.2. The van der Waals surface area contributed by atoms with Crippen LogP contribution >= 0.6 is 0 Å². The second-order valence-corrected chi connectivity index (χ2v) is 7.06. The van der Waals surface area contributed by atoms with Crippen LogP contribution in [0.4, 0.5) is 5.69 Å². The molecule has 1 aromatic rings. The topological polar surface area (TPSA) is 60.9 Å². The van der Waals surface area contributed by atoms with Gasteiger partial charge in [-0.3, -0.25) is 0 Å². The van der Waals surface area contributed by atoms with Crippen LogP contribution in [-0.2, 0) is 10.0 Å². The van der Waals surface area contributed by atoms with Crippen molar-refractivity contribution in [3.8, 4) is 0 Å². The molecule has 0 radical (unpaired) electrons. The van der Waals surface area contributed by atoms with Crippen molar-refractivity contribution in [1.82, 2.24) is 4.31 Å². The zero-order valence-corrected chi connectivity index (χ0v) is 12.4. The fourth-order valence-corrected chi connectivity index (χ4v) is 3.94. The molecule has 2 rings (SSSR count). The number of rotatable bonds is 6. The van der Waals surface area contributed by atoms with E-state index < -0.39 is 10.0 Å². The average Bonchev–Trinajstić information content (AvgIpc) is 2.48. The second-order valence-electron chi connectivity index (χ2n) is 4.97. The lowest BCUT2D eigenvalue weighted by molar-refractivity contribution is 0.286. The summed E-state index contributed by atoms with van der Waals surface area (Å²) in [5.41, 5.74) is 1.14. The minimum absolute atomic E-state index is 0.0529. The van der Waals surface area contributed by atoms with Crippen LogP contribution < -0.4 is 4.90 Å². The fourth-order valence-electron chi connectivity index (χ4n) is 2.39. The Bertz CT molecular complexity index is 496. The Balaban J connectivity index is 1.88. The Labute approximate surface area is 120 Å². The third-order valence-corrected chi connectivity index (χ3v) is 5.52. The third kappa shape index (κ3) is 3.94. The molecule has 1 aliphatic rings. The van der Waals surface area contributed by atoms with E-state index >= 15 is 0 Å². The number of aliphatic hydroxyl groups is 1. The number of anilines is 1. The predicted octanol–water partition coefficient (Wildman–Crippen LogP) is 0.911. The van der Waals surface area contributed by atoms with E-state index in [1.165, 1.54) is 0 Å². The van der Waals surface area contributed by atoms with Gasteiger partial charge in [-0.25, -0.2) is 8.42 Å². The minimum atomic E-state index is -3.17. The largest absolute Gasteiger partial charge is 0.396 e. The summed E-state index contributed by atoms with van der Waals surface area (Å²) in [7, 11) is -3.17. The number of nitrogens with zero attached hydrogens (tertiary/aromatic N) is 2. The molecule has 0 amide bonds. The van der Waals surface area contributed by atoms with Crippen LogP contribution in [-0.4, -0.2) is 56.4 Å². The molecule has 0 saturated carbocycles. The van der Waals surface area contributed by atoms with E-state index in [1.54, 1.807) is 4.31 Å². The number of para-hydroxylation sites is 1. The number of hydrogen-bond donors (Lipinski definition) is 1. The van der Waals surface area contributed by atoms with E-state index in [4.69, 9.17) is 5.11 Å². The van der Waals surface area contributed by atoms with Gasteiger partial charge < -0.3 is 10.0 Å². The summed E-state index contributed by atoms with van der Waals surface area (Å²) < 4.78 is 25.8. The van der Waals surface area contributed by atoms with Crippen molar-refractivity contribution in [2.24, 2.45) is 0 Å². The van der Waals surface area contributed by atoms with Gasteiger partial charge in [0.25, 0.3) is 0 Å². The Kier molecular flexibility index (Phi) is 5.39. The highest BCUT2D eigenvalue weighted by Crippen LogP contribution is 2.17. The summed E-state index contributed by atoms with van der Waals surface area (Å²) >= 11 is 0. The Morgan fingerprint density at radius 1 is 1.00 bits per heavy atom. The lowest BCUT2D eigenvalue weighted by atomic mass is 10.2. The van der Waals surface area contributed by atoms with Crippen LogP contribution in [0.25, 0.3) is 0 Å². The van der Waals surface area contributed by atoms with Gasteiger partial charge in [0.2, 0.25) is 10.0 Å². The van der Waals surface area contributed by atoms with E-state index in [0.29, 0.717) is 25.9 Å². The molecule has 112 valence electrons. The molecule has 0 aromatic heterocycles. The first-order valence-electron chi connectivity index (χ1n) is 7.02. The summed E-state index contributed by atoms with van der Waals surface area (Å²) in [6.45, 7) is 2.58. The summed E-state index contributed by atoms with van der Waals surface area (Å²) in [5, 5.41) is 8.72. The van der Waals surface area contributed by atoms with Crippen molar-refractivity contribution in [1.29, 1.82) is 0 Å². The lowest BCUT2D eigenvalue weighted by Crippen LogP contribution is -2.49. The van der Waals surface area contributed by atoms with Crippen LogP contribution in [0.1, 0.15) is 12.8 Å². The summed E-state index contributed by atoms with van der Waals surface area (Å²) in [4.78, 5) is 2.21. The molecule has 6 heteroatoms. The molecule has 1 N–H and O–H groups in total. The van der Waals surface area contributed by atoms with Gasteiger partial charge in [0.15, 0.2) is 0 Å². The number of piperazine rings is 1. The van der Waals surface area contributed by atoms with E-state index in [-0.39, 0.29) is 12.4 Å². The molecule has 0 aliphatic carbocycles. The number of hydrogen-bond acceptors (Lipinski definition) is 4. The van der Waals surface area contributed by atoms with Gasteiger partial charge in [-0.2, -0.15) is 4.31 Å². The monoisotopic (exact) mass is 298 g/mol. The van der Waals surface area contributed by atoms with Crippen LogP contribution in [0.2, 0.25) is 0 Å². The van der Waals surface area contributed by atoms with Crippen LogP contribution in [0, 0.1) is 0 Å². The number of unbranched alkanes of at least 4 members (excludes halogenated alkanes) is 1. The quantitative estimate of drug-likeness (QED) is 0.793. The Hall–Kier alpha value is -1.11. The van der Waals surface area contributed by atoms with E-state index in [0.717, 1.165) is 18.8 Å². The zero-order valence-electron chi connectivity index (χ0n) is 11.6. The molecular weight excluding hydrogens is 276 g/mol. The number of aliphatic hydroxyl groups excluding tert-OH is 1. The highest BCUT2D eigenvalue weighted by molar-refractivity contribution is 7.89. The Morgan fingerprint density at radius 3 is 2.25 bits per heavy atom. The molecule has 0 spiro atoms. The van der Waals surface area contributed by atoms with Crippen molar-refractivity contribution >= 4 is 15.7 Å². The molecule has 0 unspecified atom stereocenters. The maximum atomic E-state index is 12.1. The molecule has 5 nitrogen and oxygen atoms in total. The molecule has 0 bridgehead atoms. The van der Waals surface area contributed by atoms with E-state index in [1.807, 2.05) is 30.3 Å². The summed E-state index contributed by atoms with van der Waals surface area (Å²) in [6, 6.07) is 10.1. The van der Waals surface area contributed by atoms with Gasteiger partial charge in [0.05, 0.1) is 5.75 Å². The summed E-state index contributed by atoms with van der Waals surface area (Å²) in [6.07, 6.45) is 1.07. The van der Waals surface area contributed by atoms with Gasteiger partial charge in [0.1, 0.15) is 0 Å². The molecule has 1 saturated heterocycles. The zero-order chi connectivity index (χ0) is 14.4. The maximum Gasteiger partial charge on any atom is 0.214 e. The van der Waals surface area contributed by atoms with Crippen molar-refractivity contribution in [3.05, 3.63) is 30.3 Å². The van der Waals surface area contributed by atoms with Crippen molar-refractivity contribution in [3.63, 3.8) is 0 Å². The van der Waals surface area contributed by atoms with Crippen LogP contribution in [0.15, 0.2) is 30.3 Å². The fraction of sp³-hybridized carbons (Fsp3) is 0.571. The third-order valence-electron chi connectivity index (χ3n) is 3.56. The lowest BCUT2D eigenvalue weighted by Gasteiger charge is -2.35. The first-order valence-corrected chi connectivity index (χ1v) is 8.63. The van der Waals surface area contributed by atoms with Gasteiger partial charge in [-0.1, -0.05) is 18.2 Å². The van der Waals surface area contributed by atoms with Crippen molar-refractivity contribution in [2.75, 3.05) is 43.4 Å². The van der Waals surface area contributed by atoms with Crippen molar-refractivity contribution in [2.45, 2.75) is 12.8 Å². The maximum absolute atomic E-state index is 12.1. The van der Waals surface area contributed by atoms with Gasteiger partial charge >= 0.3 is 0 Å². The normalized spacial score (nSPS) is 17.4. The number of benzene rings is 1. The highest BCUT2D eigenvalue weighted by Gasteiger charge is 2.26. The van der Waals surface area contributed by atoms with Gasteiger partial charge in [-0.15, -0.1) is 0 Å². The van der Waals surface area contributed by atoms with Crippen LogP contribution in [0.3, 0.4) is 0 Å². The molecule has 1 fully saturated rings. The van der Waals surface area contributed by atoms with E-state index in [9.17, 15) is 8.42 Å². The first-order chi connectivity index (χ1) is 9.63. The first kappa shape index (κ1) is 15.3.